The number of nitrogens with two attached hydrogens (primary N) is 1. The van der Waals surface area contributed by atoms with Gasteiger partial charge in [0.15, 0.2) is 0 Å². The fourth-order valence-electron chi connectivity index (χ4n) is 2.57. The van der Waals surface area contributed by atoms with E-state index in [1.54, 1.807) is 0 Å². The molecule has 1 aliphatic heterocycles. The molecule has 0 radical (unpaired) electrons. The number of fused-ring (bicyclic) bond motifs is 1. The van der Waals surface area contributed by atoms with Crippen LogP contribution in [0.1, 0.15) is 32.3 Å². The minimum absolute atomic E-state index is 0.0656. The SMILES string of the molecule is CC(C)CC(N)C(=O)N1CCCc2ccccc21. The lowest BCUT2D eigenvalue weighted by molar-refractivity contribution is -0.120. The lowest BCUT2D eigenvalue weighted by atomic mass is 9.99. The van der Waals surface area contributed by atoms with Crippen molar-refractivity contribution in [2.45, 2.75) is 39.2 Å². The molecule has 2 rings (SSSR count). The van der Waals surface area contributed by atoms with Gasteiger partial charge in [0.1, 0.15) is 0 Å². The van der Waals surface area contributed by atoms with Crippen molar-refractivity contribution in [1.82, 2.24) is 0 Å². The van der Waals surface area contributed by atoms with Crippen molar-refractivity contribution in [2.75, 3.05) is 11.4 Å². The van der Waals surface area contributed by atoms with Gasteiger partial charge < -0.3 is 10.6 Å². The molecule has 0 spiro atoms. The summed E-state index contributed by atoms with van der Waals surface area (Å²) in [6.07, 6.45) is 2.83. The van der Waals surface area contributed by atoms with Crippen molar-refractivity contribution < 1.29 is 4.79 Å². The largest absolute Gasteiger partial charge is 0.320 e. The first kappa shape index (κ1) is 13.1. The second-order valence-corrected chi connectivity index (χ2v) is 5.46. The van der Waals surface area contributed by atoms with Gasteiger partial charge in [0, 0.05) is 12.2 Å². The molecule has 1 aromatic carbocycles. The number of hydrogen-bond acceptors (Lipinski definition) is 2. The number of nitrogens with zero attached hydrogens (tertiary/aromatic N) is 1. The number of benzene rings is 1. The first-order valence-electron chi connectivity index (χ1n) is 6.74. The van der Waals surface area contributed by atoms with Gasteiger partial charge in [-0.25, -0.2) is 0 Å². The maximum absolute atomic E-state index is 12.4. The molecule has 0 saturated heterocycles. The van der Waals surface area contributed by atoms with E-state index in [9.17, 15) is 4.79 Å². The Bertz CT molecular complexity index is 428. The average molecular weight is 246 g/mol. The third kappa shape index (κ3) is 2.72. The second-order valence-electron chi connectivity index (χ2n) is 5.46. The van der Waals surface area contributed by atoms with E-state index >= 15 is 0 Å². The van der Waals surface area contributed by atoms with Crippen molar-refractivity contribution in [2.24, 2.45) is 11.7 Å². The van der Waals surface area contributed by atoms with Crippen LogP contribution in [0.3, 0.4) is 0 Å². The van der Waals surface area contributed by atoms with Crippen LogP contribution < -0.4 is 10.6 Å². The molecule has 18 heavy (non-hydrogen) atoms. The molecule has 0 fully saturated rings. The Morgan fingerprint density at radius 2 is 2.11 bits per heavy atom. The minimum Gasteiger partial charge on any atom is -0.320 e. The number of rotatable bonds is 3. The molecule has 2 N–H and O–H groups in total. The molecule has 1 atom stereocenters. The van der Waals surface area contributed by atoms with E-state index in [0.29, 0.717) is 5.92 Å². The fraction of sp³-hybridized carbons (Fsp3) is 0.533. The van der Waals surface area contributed by atoms with E-state index in [4.69, 9.17) is 5.73 Å². The van der Waals surface area contributed by atoms with Crippen molar-refractivity contribution in [3.8, 4) is 0 Å². The van der Waals surface area contributed by atoms with Crippen LogP contribution >= 0.6 is 0 Å². The fourth-order valence-corrected chi connectivity index (χ4v) is 2.57. The highest BCUT2D eigenvalue weighted by atomic mass is 16.2. The summed E-state index contributed by atoms with van der Waals surface area (Å²) in [4.78, 5) is 14.3. The molecule has 98 valence electrons. The third-order valence-electron chi connectivity index (χ3n) is 3.42. The van der Waals surface area contributed by atoms with Crippen LogP contribution in [0.4, 0.5) is 5.69 Å². The van der Waals surface area contributed by atoms with Crippen LogP contribution in [0.2, 0.25) is 0 Å². The lowest BCUT2D eigenvalue weighted by Gasteiger charge is -2.31. The van der Waals surface area contributed by atoms with E-state index in [0.717, 1.165) is 31.5 Å². The average Bonchev–Trinajstić information content (AvgIpc) is 2.36. The smallest absolute Gasteiger partial charge is 0.243 e. The van der Waals surface area contributed by atoms with Crippen LogP contribution in [0, 0.1) is 5.92 Å². The molecule has 1 unspecified atom stereocenters. The number of amides is 1. The van der Waals surface area contributed by atoms with Crippen molar-refractivity contribution >= 4 is 11.6 Å². The van der Waals surface area contributed by atoms with Gasteiger partial charge in [-0.1, -0.05) is 32.0 Å². The van der Waals surface area contributed by atoms with Crippen molar-refractivity contribution in [3.05, 3.63) is 29.8 Å². The van der Waals surface area contributed by atoms with Gasteiger partial charge in [-0.05, 0) is 36.8 Å². The molecular formula is C15H22N2O. The highest BCUT2D eigenvalue weighted by Crippen LogP contribution is 2.27. The van der Waals surface area contributed by atoms with E-state index in [2.05, 4.69) is 19.9 Å². The maximum Gasteiger partial charge on any atom is 0.243 e. The zero-order valence-corrected chi connectivity index (χ0v) is 11.2. The Balaban J connectivity index is 2.17. The number of hydrogen-bond donors (Lipinski definition) is 1. The van der Waals surface area contributed by atoms with Gasteiger partial charge in [0.05, 0.1) is 6.04 Å². The van der Waals surface area contributed by atoms with Crippen LogP contribution in [-0.2, 0) is 11.2 Å². The van der Waals surface area contributed by atoms with Gasteiger partial charge in [0.2, 0.25) is 5.91 Å². The van der Waals surface area contributed by atoms with Crippen LogP contribution in [0.15, 0.2) is 24.3 Å². The predicted octanol–water partition coefficient (Wildman–Crippen LogP) is 2.34. The number of anilines is 1. The topological polar surface area (TPSA) is 46.3 Å². The monoisotopic (exact) mass is 246 g/mol. The standard InChI is InChI=1S/C15H22N2O/c1-11(2)10-13(16)15(18)17-9-5-7-12-6-3-4-8-14(12)17/h3-4,6,8,11,13H,5,7,9-10,16H2,1-2H3. The maximum atomic E-state index is 12.4. The summed E-state index contributed by atoms with van der Waals surface area (Å²) < 4.78 is 0. The van der Waals surface area contributed by atoms with E-state index in [-0.39, 0.29) is 11.9 Å². The number of aryl methyl sites for hydroxylation is 1. The number of carbonyl (C=O) groups excluding carboxylic acids is 1. The number of carbonyl (C=O) groups is 1. The highest BCUT2D eigenvalue weighted by Gasteiger charge is 2.26. The van der Waals surface area contributed by atoms with Crippen molar-refractivity contribution in [3.63, 3.8) is 0 Å². The summed E-state index contributed by atoms with van der Waals surface area (Å²) in [5, 5.41) is 0. The zero-order valence-electron chi connectivity index (χ0n) is 11.2. The molecule has 0 saturated carbocycles. The Labute approximate surface area is 109 Å². The summed E-state index contributed by atoms with van der Waals surface area (Å²) in [5.74, 6) is 0.514. The van der Waals surface area contributed by atoms with Gasteiger partial charge in [-0.3, -0.25) is 4.79 Å². The Morgan fingerprint density at radius 3 is 2.83 bits per heavy atom. The first-order chi connectivity index (χ1) is 8.59. The highest BCUT2D eigenvalue weighted by molar-refractivity contribution is 5.98. The molecule has 3 heteroatoms. The lowest BCUT2D eigenvalue weighted by Crippen LogP contribution is -2.46. The first-order valence-corrected chi connectivity index (χ1v) is 6.74. The quantitative estimate of drug-likeness (QED) is 0.889. The van der Waals surface area contributed by atoms with E-state index in [1.165, 1.54) is 5.56 Å². The van der Waals surface area contributed by atoms with Gasteiger partial charge in [-0.15, -0.1) is 0 Å². The molecule has 1 heterocycles. The summed E-state index contributed by atoms with van der Waals surface area (Å²) >= 11 is 0. The normalized spacial score (nSPS) is 16.6. The number of para-hydroxylation sites is 1. The molecular weight excluding hydrogens is 224 g/mol. The minimum atomic E-state index is -0.379. The summed E-state index contributed by atoms with van der Waals surface area (Å²) in [5.41, 5.74) is 8.32. The molecule has 1 aliphatic rings. The van der Waals surface area contributed by atoms with Gasteiger partial charge in [0.25, 0.3) is 0 Å². The van der Waals surface area contributed by atoms with Crippen molar-refractivity contribution in [1.29, 1.82) is 0 Å². The molecule has 1 aromatic rings. The Morgan fingerprint density at radius 1 is 1.39 bits per heavy atom. The van der Waals surface area contributed by atoms with E-state index in [1.807, 2.05) is 23.1 Å². The molecule has 0 aromatic heterocycles. The van der Waals surface area contributed by atoms with Crippen LogP contribution in [0.25, 0.3) is 0 Å². The Kier molecular flexibility index (Phi) is 4.02. The van der Waals surface area contributed by atoms with Crippen LogP contribution in [0.5, 0.6) is 0 Å². The molecule has 3 nitrogen and oxygen atoms in total. The molecule has 0 aliphatic carbocycles. The second kappa shape index (κ2) is 5.53. The predicted molar refractivity (Wildman–Crippen MR) is 74.5 cm³/mol. The van der Waals surface area contributed by atoms with Crippen LogP contribution in [-0.4, -0.2) is 18.5 Å². The summed E-state index contributed by atoms with van der Waals surface area (Å²) in [6.45, 7) is 4.98. The summed E-state index contributed by atoms with van der Waals surface area (Å²) in [6, 6.07) is 7.76. The van der Waals surface area contributed by atoms with E-state index < -0.39 is 0 Å². The molecule has 1 amide bonds. The zero-order chi connectivity index (χ0) is 13.1. The van der Waals surface area contributed by atoms with Gasteiger partial charge >= 0.3 is 0 Å². The van der Waals surface area contributed by atoms with Gasteiger partial charge in [-0.2, -0.15) is 0 Å². The molecule has 0 bridgehead atoms. The Hall–Kier alpha value is -1.35. The summed E-state index contributed by atoms with van der Waals surface area (Å²) in [7, 11) is 0. The third-order valence-corrected chi connectivity index (χ3v) is 3.42.